The summed E-state index contributed by atoms with van der Waals surface area (Å²) in [7, 11) is 1.90. The Hall–Kier alpha value is -1.78. The van der Waals surface area contributed by atoms with Gasteiger partial charge in [0, 0.05) is 17.8 Å². The van der Waals surface area contributed by atoms with Gasteiger partial charge in [-0.25, -0.2) is 0 Å². The maximum absolute atomic E-state index is 6.03. The van der Waals surface area contributed by atoms with Crippen molar-refractivity contribution in [3.8, 4) is 11.1 Å². The van der Waals surface area contributed by atoms with E-state index in [4.69, 9.17) is 11.6 Å². The molecular weight excluding hydrogens is 350 g/mol. The minimum atomic E-state index is 0.744. The average molecular weight is 363 g/mol. The van der Waals surface area contributed by atoms with Crippen molar-refractivity contribution in [2.24, 2.45) is 7.05 Å². The highest BCUT2D eigenvalue weighted by Gasteiger charge is 2.06. The lowest BCUT2D eigenvalue weighted by molar-refractivity contribution is 0.776. The van der Waals surface area contributed by atoms with Crippen molar-refractivity contribution in [2.45, 2.75) is 0 Å². The zero-order valence-corrected chi connectivity index (χ0v) is 13.7. The summed E-state index contributed by atoms with van der Waals surface area (Å²) >= 11 is 9.50. The molecule has 0 aliphatic carbocycles. The molecule has 0 spiro atoms. The van der Waals surface area contributed by atoms with E-state index in [0.29, 0.717) is 0 Å². The summed E-state index contributed by atoms with van der Waals surface area (Å²) in [6.45, 7) is 0. The molecule has 0 radical (unpaired) electrons. The van der Waals surface area contributed by atoms with E-state index in [1.165, 1.54) is 0 Å². The molecule has 1 heterocycles. The van der Waals surface area contributed by atoms with Crippen LogP contribution in [0.15, 0.2) is 59.2 Å². The highest BCUT2D eigenvalue weighted by molar-refractivity contribution is 9.10. The molecule has 0 aliphatic heterocycles. The molecule has 0 aliphatic rings. The molecule has 3 rings (SSSR count). The molecule has 0 saturated carbocycles. The molecule has 0 bridgehead atoms. The van der Waals surface area contributed by atoms with Gasteiger partial charge in [0.05, 0.1) is 10.7 Å². The smallest absolute Gasteiger partial charge is 0.142 e. The van der Waals surface area contributed by atoms with Crippen LogP contribution in [0.4, 0.5) is 11.5 Å². The van der Waals surface area contributed by atoms with E-state index < -0.39 is 0 Å². The standard InChI is InChI=1S/C16H13BrClN3/c1-21-16(15(17)10-19-21)20-14-7-5-11(6-8-14)12-3-2-4-13(18)9-12/h2-10,20H,1H3. The summed E-state index contributed by atoms with van der Waals surface area (Å²) in [5.41, 5.74) is 3.24. The van der Waals surface area contributed by atoms with Gasteiger partial charge in [0.1, 0.15) is 5.82 Å². The molecule has 106 valence electrons. The molecule has 1 aromatic heterocycles. The zero-order chi connectivity index (χ0) is 14.8. The minimum Gasteiger partial charge on any atom is -0.340 e. The fourth-order valence-electron chi connectivity index (χ4n) is 2.10. The van der Waals surface area contributed by atoms with Crippen molar-refractivity contribution in [1.82, 2.24) is 9.78 Å². The number of hydrogen-bond donors (Lipinski definition) is 1. The van der Waals surface area contributed by atoms with Gasteiger partial charge >= 0.3 is 0 Å². The number of anilines is 2. The number of nitrogens with one attached hydrogen (secondary N) is 1. The summed E-state index contributed by atoms with van der Waals surface area (Å²) in [5, 5.41) is 8.26. The number of hydrogen-bond acceptors (Lipinski definition) is 2. The third-order valence-electron chi connectivity index (χ3n) is 3.20. The molecule has 0 saturated heterocycles. The lowest BCUT2D eigenvalue weighted by atomic mass is 10.1. The number of nitrogens with zero attached hydrogens (tertiary/aromatic N) is 2. The van der Waals surface area contributed by atoms with E-state index in [2.05, 4.69) is 38.5 Å². The van der Waals surface area contributed by atoms with Crippen LogP contribution >= 0.6 is 27.5 Å². The molecule has 0 atom stereocenters. The largest absolute Gasteiger partial charge is 0.340 e. The van der Waals surface area contributed by atoms with E-state index in [0.717, 1.165) is 32.1 Å². The maximum atomic E-state index is 6.03. The van der Waals surface area contributed by atoms with E-state index in [9.17, 15) is 0 Å². The van der Waals surface area contributed by atoms with Gasteiger partial charge in [0.25, 0.3) is 0 Å². The number of benzene rings is 2. The van der Waals surface area contributed by atoms with Gasteiger partial charge < -0.3 is 5.32 Å². The first-order valence-electron chi connectivity index (χ1n) is 6.44. The minimum absolute atomic E-state index is 0.744. The summed E-state index contributed by atoms with van der Waals surface area (Å²) in [4.78, 5) is 0. The van der Waals surface area contributed by atoms with Crippen LogP contribution in [0.3, 0.4) is 0 Å². The second-order valence-corrected chi connectivity index (χ2v) is 5.97. The normalized spacial score (nSPS) is 10.6. The topological polar surface area (TPSA) is 29.9 Å². The molecule has 2 aromatic carbocycles. The van der Waals surface area contributed by atoms with Crippen LogP contribution < -0.4 is 5.32 Å². The Kier molecular flexibility index (Phi) is 3.99. The second-order valence-electron chi connectivity index (χ2n) is 4.68. The first-order chi connectivity index (χ1) is 10.1. The number of aryl methyl sites for hydroxylation is 1. The second kappa shape index (κ2) is 5.92. The van der Waals surface area contributed by atoms with E-state index in [1.54, 1.807) is 10.9 Å². The third kappa shape index (κ3) is 3.12. The van der Waals surface area contributed by atoms with E-state index in [-0.39, 0.29) is 0 Å². The Bertz CT molecular complexity index is 746. The van der Waals surface area contributed by atoms with Gasteiger partial charge in [-0.1, -0.05) is 35.9 Å². The van der Waals surface area contributed by atoms with Crippen molar-refractivity contribution in [3.63, 3.8) is 0 Å². The molecular formula is C16H13BrClN3. The number of aromatic nitrogens is 2. The van der Waals surface area contributed by atoms with E-state index >= 15 is 0 Å². The van der Waals surface area contributed by atoms with Crippen LogP contribution in [0.2, 0.25) is 5.02 Å². The lowest BCUT2D eigenvalue weighted by Crippen LogP contribution is -1.99. The molecule has 1 N–H and O–H groups in total. The fraction of sp³-hybridized carbons (Fsp3) is 0.0625. The van der Waals surface area contributed by atoms with Crippen LogP contribution in [-0.4, -0.2) is 9.78 Å². The van der Waals surface area contributed by atoms with Gasteiger partial charge in [-0.05, 0) is 51.3 Å². The lowest BCUT2D eigenvalue weighted by Gasteiger charge is -2.09. The molecule has 5 heteroatoms. The predicted molar refractivity (Wildman–Crippen MR) is 91.1 cm³/mol. The quantitative estimate of drug-likeness (QED) is 0.690. The first-order valence-corrected chi connectivity index (χ1v) is 7.61. The van der Waals surface area contributed by atoms with E-state index in [1.807, 2.05) is 43.4 Å². The maximum Gasteiger partial charge on any atom is 0.142 e. The van der Waals surface area contributed by atoms with Gasteiger partial charge in [-0.15, -0.1) is 0 Å². The van der Waals surface area contributed by atoms with Crippen LogP contribution in [0.1, 0.15) is 0 Å². The van der Waals surface area contributed by atoms with Crippen molar-refractivity contribution >= 4 is 39.0 Å². The van der Waals surface area contributed by atoms with Crippen LogP contribution in [0.25, 0.3) is 11.1 Å². The van der Waals surface area contributed by atoms with Gasteiger partial charge in [0.2, 0.25) is 0 Å². The summed E-state index contributed by atoms with van der Waals surface area (Å²) in [6, 6.07) is 16.0. The fourth-order valence-corrected chi connectivity index (χ4v) is 2.74. The molecule has 3 aromatic rings. The zero-order valence-electron chi connectivity index (χ0n) is 11.3. The van der Waals surface area contributed by atoms with Crippen molar-refractivity contribution in [2.75, 3.05) is 5.32 Å². The summed E-state index contributed by atoms with van der Waals surface area (Å²) < 4.78 is 2.72. The Morgan fingerprint density at radius 2 is 1.86 bits per heavy atom. The van der Waals surface area contributed by atoms with Crippen LogP contribution in [0, 0.1) is 0 Å². The van der Waals surface area contributed by atoms with Gasteiger partial charge in [0.15, 0.2) is 0 Å². The highest BCUT2D eigenvalue weighted by atomic mass is 79.9. The van der Waals surface area contributed by atoms with Crippen LogP contribution in [0.5, 0.6) is 0 Å². The van der Waals surface area contributed by atoms with Crippen molar-refractivity contribution in [1.29, 1.82) is 0 Å². The van der Waals surface area contributed by atoms with Crippen molar-refractivity contribution in [3.05, 3.63) is 64.2 Å². The molecule has 0 unspecified atom stereocenters. The molecule has 0 fully saturated rings. The van der Waals surface area contributed by atoms with Crippen LogP contribution in [-0.2, 0) is 7.05 Å². The van der Waals surface area contributed by atoms with Gasteiger partial charge in [-0.2, -0.15) is 5.10 Å². The SMILES string of the molecule is Cn1ncc(Br)c1Nc1ccc(-c2cccc(Cl)c2)cc1. The summed E-state index contributed by atoms with van der Waals surface area (Å²) in [5.74, 6) is 0.922. The highest BCUT2D eigenvalue weighted by Crippen LogP contribution is 2.27. The Morgan fingerprint density at radius 3 is 2.48 bits per heavy atom. The number of halogens is 2. The Labute approximate surface area is 136 Å². The number of rotatable bonds is 3. The van der Waals surface area contributed by atoms with Gasteiger partial charge in [-0.3, -0.25) is 4.68 Å². The molecule has 21 heavy (non-hydrogen) atoms. The van der Waals surface area contributed by atoms with Crippen molar-refractivity contribution < 1.29 is 0 Å². The Balaban J connectivity index is 1.85. The third-order valence-corrected chi connectivity index (χ3v) is 4.02. The summed E-state index contributed by atoms with van der Waals surface area (Å²) in [6.07, 6.45) is 1.77. The molecule has 3 nitrogen and oxygen atoms in total. The predicted octanol–water partition coefficient (Wildman–Crippen LogP) is 5.25. The Morgan fingerprint density at radius 1 is 1.10 bits per heavy atom. The monoisotopic (exact) mass is 361 g/mol. The molecule has 0 amide bonds. The average Bonchev–Trinajstić information content (AvgIpc) is 2.80. The first kappa shape index (κ1) is 14.2.